The Kier molecular flexibility index (Phi) is 7.21. The van der Waals surface area contributed by atoms with Crippen molar-refractivity contribution in [1.29, 1.82) is 0 Å². The van der Waals surface area contributed by atoms with Crippen LogP contribution < -0.4 is 0 Å². The Morgan fingerprint density at radius 2 is 1.32 bits per heavy atom. The van der Waals surface area contributed by atoms with E-state index >= 15 is 0 Å². The quantitative estimate of drug-likeness (QED) is 0.568. The van der Waals surface area contributed by atoms with E-state index in [9.17, 15) is 14.7 Å². The summed E-state index contributed by atoms with van der Waals surface area (Å²) in [4.78, 5) is 27.0. The molecule has 1 amide bonds. The number of rotatable bonds is 8. The maximum absolute atomic E-state index is 13.0. The lowest BCUT2D eigenvalue weighted by Crippen LogP contribution is -2.40. The van der Waals surface area contributed by atoms with E-state index in [1.165, 1.54) is 10.5 Å². The van der Waals surface area contributed by atoms with Gasteiger partial charge in [0.05, 0.1) is 0 Å². The van der Waals surface area contributed by atoms with Crippen molar-refractivity contribution >= 4 is 11.9 Å². The molecule has 5 nitrogen and oxygen atoms in total. The molecule has 0 fully saturated rings. The highest BCUT2D eigenvalue weighted by Crippen LogP contribution is 2.31. The van der Waals surface area contributed by atoms with Crippen LogP contribution in [0.2, 0.25) is 0 Å². The van der Waals surface area contributed by atoms with Crippen LogP contribution >= 0.6 is 0 Å². The number of hydrogen-bond acceptors (Lipinski definition) is 4. The van der Waals surface area contributed by atoms with Gasteiger partial charge in [0, 0.05) is 13.6 Å². The fourth-order valence-corrected chi connectivity index (χ4v) is 3.35. The van der Waals surface area contributed by atoms with Crippen LogP contribution in [0.15, 0.2) is 84.9 Å². The topological polar surface area (TPSA) is 66.8 Å². The van der Waals surface area contributed by atoms with Crippen molar-refractivity contribution in [3.63, 3.8) is 0 Å². The SMILES string of the molecule is CCc1ccc(CN(C)C(=O)COC(=O)C(O)(c2ccccc2)c2ccccc2)cc1. The molecule has 0 aliphatic carbocycles. The summed E-state index contributed by atoms with van der Waals surface area (Å²) in [5, 5.41) is 11.4. The number of hydrogen-bond donors (Lipinski definition) is 1. The molecular formula is C26H27NO4. The highest BCUT2D eigenvalue weighted by Gasteiger charge is 2.41. The zero-order chi connectivity index (χ0) is 22.3. The molecule has 0 aromatic heterocycles. The molecule has 0 heterocycles. The molecule has 3 aromatic rings. The Labute approximate surface area is 182 Å². The largest absolute Gasteiger partial charge is 0.453 e. The first-order chi connectivity index (χ1) is 14.9. The van der Waals surface area contributed by atoms with Gasteiger partial charge in [-0.1, -0.05) is 91.9 Å². The Hall–Kier alpha value is -3.44. The Morgan fingerprint density at radius 3 is 1.81 bits per heavy atom. The number of esters is 1. The summed E-state index contributed by atoms with van der Waals surface area (Å²) in [6, 6.07) is 25.2. The van der Waals surface area contributed by atoms with Crippen molar-refractivity contribution in [1.82, 2.24) is 4.90 Å². The monoisotopic (exact) mass is 417 g/mol. The minimum Gasteiger partial charge on any atom is -0.453 e. The molecule has 160 valence electrons. The van der Waals surface area contributed by atoms with E-state index in [1.54, 1.807) is 67.7 Å². The molecular weight excluding hydrogens is 390 g/mol. The molecule has 0 aliphatic rings. The minimum absolute atomic E-state index is 0.351. The summed E-state index contributed by atoms with van der Waals surface area (Å²) in [6.07, 6.45) is 0.955. The standard InChI is InChI=1S/C26H27NO4/c1-3-20-14-16-21(17-15-20)18-27(2)24(28)19-31-25(29)26(30,22-10-6-4-7-11-22)23-12-8-5-9-13-23/h4-17,30H,3,18-19H2,1-2H3. The second-order valence-corrected chi connectivity index (χ2v) is 7.44. The molecule has 3 rings (SSSR count). The Balaban J connectivity index is 1.69. The molecule has 3 aromatic carbocycles. The van der Waals surface area contributed by atoms with Gasteiger partial charge in [-0.15, -0.1) is 0 Å². The molecule has 0 unspecified atom stereocenters. The van der Waals surface area contributed by atoms with Gasteiger partial charge in [0.1, 0.15) is 0 Å². The van der Waals surface area contributed by atoms with Crippen LogP contribution in [0.1, 0.15) is 29.2 Å². The van der Waals surface area contributed by atoms with Crippen molar-refractivity contribution in [2.45, 2.75) is 25.5 Å². The van der Waals surface area contributed by atoms with Gasteiger partial charge in [-0.2, -0.15) is 0 Å². The first-order valence-electron chi connectivity index (χ1n) is 10.3. The highest BCUT2D eigenvalue weighted by molar-refractivity contribution is 5.88. The van der Waals surface area contributed by atoms with Gasteiger partial charge in [-0.25, -0.2) is 4.79 Å². The van der Waals surface area contributed by atoms with Crippen molar-refractivity contribution < 1.29 is 19.4 Å². The molecule has 0 atom stereocenters. The fourth-order valence-electron chi connectivity index (χ4n) is 3.35. The van der Waals surface area contributed by atoms with Gasteiger partial charge in [0.2, 0.25) is 5.60 Å². The molecule has 0 bridgehead atoms. The molecule has 5 heteroatoms. The van der Waals surface area contributed by atoms with E-state index < -0.39 is 18.2 Å². The fraction of sp³-hybridized carbons (Fsp3) is 0.231. The van der Waals surface area contributed by atoms with E-state index in [1.807, 2.05) is 24.3 Å². The molecule has 1 N–H and O–H groups in total. The third-order valence-electron chi connectivity index (χ3n) is 5.28. The number of aryl methyl sites for hydroxylation is 1. The normalized spacial score (nSPS) is 11.1. The number of ether oxygens (including phenoxy) is 1. The predicted molar refractivity (Wildman–Crippen MR) is 119 cm³/mol. The average Bonchev–Trinajstić information content (AvgIpc) is 2.83. The second-order valence-electron chi connectivity index (χ2n) is 7.44. The van der Waals surface area contributed by atoms with Gasteiger partial charge in [0.25, 0.3) is 5.91 Å². The van der Waals surface area contributed by atoms with Gasteiger partial charge < -0.3 is 14.7 Å². The van der Waals surface area contributed by atoms with E-state index in [2.05, 4.69) is 6.92 Å². The number of likely N-dealkylation sites (N-methyl/N-ethyl adjacent to an activating group) is 1. The van der Waals surface area contributed by atoms with E-state index in [4.69, 9.17) is 4.74 Å². The first-order valence-corrected chi connectivity index (χ1v) is 10.3. The van der Waals surface area contributed by atoms with Gasteiger partial charge in [-0.3, -0.25) is 4.79 Å². The van der Waals surface area contributed by atoms with Crippen molar-refractivity contribution in [3.8, 4) is 0 Å². The summed E-state index contributed by atoms with van der Waals surface area (Å²) >= 11 is 0. The summed E-state index contributed by atoms with van der Waals surface area (Å²) in [5.41, 5.74) is 0.973. The lowest BCUT2D eigenvalue weighted by Gasteiger charge is -2.27. The van der Waals surface area contributed by atoms with E-state index in [0.717, 1.165) is 12.0 Å². The lowest BCUT2D eigenvalue weighted by molar-refractivity contribution is -0.166. The van der Waals surface area contributed by atoms with Crippen molar-refractivity contribution in [2.75, 3.05) is 13.7 Å². The molecule has 0 spiro atoms. The smallest absolute Gasteiger partial charge is 0.348 e. The molecule has 0 aliphatic heterocycles. The third-order valence-corrected chi connectivity index (χ3v) is 5.28. The van der Waals surface area contributed by atoms with Crippen LogP contribution in [0.4, 0.5) is 0 Å². The van der Waals surface area contributed by atoms with Crippen LogP contribution in [0.25, 0.3) is 0 Å². The van der Waals surface area contributed by atoms with Crippen molar-refractivity contribution in [2.24, 2.45) is 0 Å². The summed E-state index contributed by atoms with van der Waals surface area (Å²) in [7, 11) is 1.66. The summed E-state index contributed by atoms with van der Waals surface area (Å²) in [6.45, 7) is 2.04. The lowest BCUT2D eigenvalue weighted by atomic mass is 9.86. The molecule has 0 saturated heterocycles. The second kappa shape index (κ2) is 10.0. The third kappa shape index (κ3) is 5.19. The van der Waals surface area contributed by atoms with Crippen molar-refractivity contribution in [3.05, 3.63) is 107 Å². The Morgan fingerprint density at radius 1 is 0.839 bits per heavy atom. The summed E-state index contributed by atoms with van der Waals surface area (Å²) < 4.78 is 5.29. The van der Waals surface area contributed by atoms with Crippen LogP contribution in [0, 0.1) is 0 Å². The van der Waals surface area contributed by atoms with Crippen LogP contribution in [0.5, 0.6) is 0 Å². The zero-order valence-corrected chi connectivity index (χ0v) is 17.8. The highest BCUT2D eigenvalue weighted by atomic mass is 16.6. The molecule has 0 saturated carbocycles. The number of nitrogens with zero attached hydrogens (tertiary/aromatic N) is 1. The van der Waals surface area contributed by atoms with E-state index in [0.29, 0.717) is 17.7 Å². The maximum atomic E-state index is 13.0. The minimum atomic E-state index is -2.00. The number of carbonyl (C=O) groups is 2. The van der Waals surface area contributed by atoms with Gasteiger partial charge in [-0.05, 0) is 28.7 Å². The van der Waals surface area contributed by atoms with Gasteiger partial charge in [0.15, 0.2) is 6.61 Å². The zero-order valence-electron chi connectivity index (χ0n) is 17.8. The first kappa shape index (κ1) is 22.2. The molecule has 0 radical (unpaired) electrons. The summed E-state index contributed by atoms with van der Waals surface area (Å²) in [5.74, 6) is -1.24. The number of carbonyl (C=O) groups excluding carboxylic acids is 2. The molecule has 31 heavy (non-hydrogen) atoms. The maximum Gasteiger partial charge on any atom is 0.348 e. The van der Waals surface area contributed by atoms with E-state index in [-0.39, 0.29) is 5.91 Å². The Bertz CT molecular complexity index is 961. The number of amides is 1. The van der Waals surface area contributed by atoms with Crippen LogP contribution in [0.3, 0.4) is 0 Å². The predicted octanol–water partition coefficient (Wildman–Crippen LogP) is 3.69. The average molecular weight is 418 g/mol. The van der Waals surface area contributed by atoms with Gasteiger partial charge >= 0.3 is 5.97 Å². The number of benzene rings is 3. The van der Waals surface area contributed by atoms with Crippen LogP contribution in [-0.2, 0) is 32.9 Å². The van der Waals surface area contributed by atoms with Crippen LogP contribution in [-0.4, -0.2) is 35.5 Å². The number of aliphatic hydroxyl groups is 1.